The minimum Gasteiger partial charge on any atom is -0.488 e. The number of hydrogen-bond donors (Lipinski definition) is 1. The van der Waals surface area contributed by atoms with E-state index in [0.717, 1.165) is 16.7 Å². The van der Waals surface area contributed by atoms with Gasteiger partial charge in [-0.15, -0.1) is 0 Å². The minimum absolute atomic E-state index is 0.0353. The molecule has 7 nitrogen and oxygen atoms in total. The topological polar surface area (TPSA) is 74.9 Å². The van der Waals surface area contributed by atoms with E-state index in [-0.39, 0.29) is 17.9 Å². The zero-order chi connectivity index (χ0) is 21.2. The Bertz CT molecular complexity index is 1040. The number of likely N-dealkylation sites (tertiary alicyclic amines) is 1. The Kier molecular flexibility index (Phi) is 5.34. The van der Waals surface area contributed by atoms with Crippen LogP contribution in [-0.2, 0) is 9.53 Å². The highest BCUT2D eigenvalue weighted by Gasteiger charge is 2.43. The van der Waals surface area contributed by atoms with Crippen molar-refractivity contribution in [3.05, 3.63) is 66.4 Å². The van der Waals surface area contributed by atoms with E-state index >= 15 is 0 Å². The average molecular weight is 419 g/mol. The van der Waals surface area contributed by atoms with E-state index in [4.69, 9.17) is 9.47 Å². The van der Waals surface area contributed by atoms with Crippen LogP contribution in [0, 0.1) is 0 Å². The van der Waals surface area contributed by atoms with Crippen molar-refractivity contribution >= 4 is 22.7 Å². The number of aromatic nitrogens is 1. The first kappa shape index (κ1) is 19.6. The lowest BCUT2D eigenvalue weighted by Crippen LogP contribution is -2.51. The molecule has 0 unspecified atom stereocenters. The molecule has 0 saturated carbocycles. The van der Waals surface area contributed by atoms with Crippen LogP contribution < -0.4 is 4.74 Å². The molecule has 2 fully saturated rings. The number of benzene rings is 2. The maximum absolute atomic E-state index is 13.5. The van der Waals surface area contributed by atoms with Crippen molar-refractivity contribution in [2.24, 2.45) is 0 Å². The standard InChI is InChI=1S/C24H25N3O4/c28-23(21-14-17-6-4-5-9-20(17)25-21)27-16-19(31-18-7-2-1-3-8-18)15-22(27)24(29)26-10-12-30-13-11-26/h1-9,14,19,22,25H,10-13,15-16H2/t19-,22-/m0/s1. The van der Waals surface area contributed by atoms with E-state index in [9.17, 15) is 9.59 Å². The molecular formula is C24H25N3O4. The first-order valence-electron chi connectivity index (χ1n) is 10.7. The van der Waals surface area contributed by atoms with Gasteiger partial charge in [-0.25, -0.2) is 0 Å². The van der Waals surface area contributed by atoms with Gasteiger partial charge in [0, 0.05) is 30.4 Å². The third kappa shape index (κ3) is 4.01. The number of rotatable bonds is 4. The van der Waals surface area contributed by atoms with E-state index in [1.165, 1.54) is 0 Å². The van der Waals surface area contributed by atoms with Gasteiger partial charge in [-0.2, -0.15) is 0 Å². The number of aromatic amines is 1. The molecule has 2 aliphatic heterocycles. The van der Waals surface area contributed by atoms with Gasteiger partial charge < -0.3 is 24.3 Å². The molecule has 31 heavy (non-hydrogen) atoms. The van der Waals surface area contributed by atoms with Crippen LogP contribution in [-0.4, -0.2) is 71.6 Å². The second-order valence-electron chi connectivity index (χ2n) is 7.97. The van der Waals surface area contributed by atoms with Crippen LogP contribution in [0.1, 0.15) is 16.9 Å². The molecule has 3 aromatic rings. The summed E-state index contributed by atoms with van der Waals surface area (Å²) in [6.45, 7) is 2.52. The summed E-state index contributed by atoms with van der Waals surface area (Å²) >= 11 is 0. The van der Waals surface area contributed by atoms with E-state index in [1.807, 2.05) is 60.7 Å². The summed E-state index contributed by atoms with van der Waals surface area (Å²) in [5.74, 6) is 0.527. The van der Waals surface area contributed by atoms with E-state index < -0.39 is 6.04 Å². The lowest BCUT2D eigenvalue weighted by atomic mass is 10.1. The Morgan fingerprint density at radius 2 is 1.74 bits per heavy atom. The highest BCUT2D eigenvalue weighted by atomic mass is 16.5. The Morgan fingerprint density at radius 1 is 1.00 bits per heavy atom. The maximum Gasteiger partial charge on any atom is 0.271 e. The predicted molar refractivity (Wildman–Crippen MR) is 116 cm³/mol. The molecule has 1 N–H and O–H groups in total. The first-order valence-corrected chi connectivity index (χ1v) is 10.7. The molecule has 0 bridgehead atoms. The summed E-state index contributed by atoms with van der Waals surface area (Å²) in [7, 11) is 0. The Balaban J connectivity index is 1.40. The molecule has 2 aromatic carbocycles. The lowest BCUT2D eigenvalue weighted by molar-refractivity contribution is -0.139. The molecule has 160 valence electrons. The molecule has 0 spiro atoms. The summed E-state index contributed by atoms with van der Waals surface area (Å²) in [4.78, 5) is 33.4. The van der Waals surface area contributed by atoms with Crippen molar-refractivity contribution in [3.63, 3.8) is 0 Å². The third-order valence-corrected chi connectivity index (χ3v) is 5.94. The van der Waals surface area contributed by atoms with Gasteiger partial charge >= 0.3 is 0 Å². The number of carbonyl (C=O) groups excluding carboxylic acids is 2. The van der Waals surface area contributed by atoms with Crippen molar-refractivity contribution in [2.45, 2.75) is 18.6 Å². The fourth-order valence-electron chi connectivity index (χ4n) is 4.37. The number of morpholine rings is 1. The number of ether oxygens (including phenoxy) is 2. The van der Waals surface area contributed by atoms with Crippen molar-refractivity contribution in [1.29, 1.82) is 0 Å². The van der Waals surface area contributed by atoms with Gasteiger partial charge in [0.05, 0.1) is 19.8 Å². The first-order chi connectivity index (χ1) is 15.2. The smallest absolute Gasteiger partial charge is 0.271 e. The monoisotopic (exact) mass is 419 g/mol. The Labute approximate surface area is 180 Å². The van der Waals surface area contributed by atoms with Gasteiger partial charge in [-0.05, 0) is 24.3 Å². The summed E-state index contributed by atoms with van der Waals surface area (Å²) in [5, 5.41) is 0.971. The quantitative estimate of drug-likeness (QED) is 0.706. The van der Waals surface area contributed by atoms with Crippen LogP contribution in [0.4, 0.5) is 0 Å². The average Bonchev–Trinajstić information content (AvgIpc) is 3.44. The molecule has 1 aromatic heterocycles. The Hall–Kier alpha value is -3.32. The van der Waals surface area contributed by atoms with Crippen molar-refractivity contribution < 1.29 is 19.1 Å². The second kappa shape index (κ2) is 8.43. The van der Waals surface area contributed by atoms with Crippen LogP contribution in [0.5, 0.6) is 5.75 Å². The predicted octanol–water partition coefficient (Wildman–Crippen LogP) is 2.69. The van der Waals surface area contributed by atoms with E-state index in [1.54, 1.807) is 9.80 Å². The van der Waals surface area contributed by atoms with Crippen LogP contribution in [0.25, 0.3) is 10.9 Å². The molecular weight excluding hydrogens is 394 g/mol. The normalized spacial score (nSPS) is 21.4. The summed E-state index contributed by atoms with van der Waals surface area (Å²) in [6, 6.07) is 18.6. The number of fused-ring (bicyclic) bond motifs is 1. The fraction of sp³-hybridized carbons (Fsp3) is 0.333. The zero-order valence-electron chi connectivity index (χ0n) is 17.2. The molecule has 7 heteroatoms. The van der Waals surface area contributed by atoms with Crippen molar-refractivity contribution in [3.8, 4) is 5.75 Å². The number of nitrogens with one attached hydrogen (secondary N) is 1. The summed E-state index contributed by atoms with van der Waals surface area (Å²) < 4.78 is 11.5. The Morgan fingerprint density at radius 3 is 2.52 bits per heavy atom. The number of H-pyrrole nitrogens is 1. The van der Waals surface area contributed by atoms with E-state index in [2.05, 4.69) is 4.98 Å². The zero-order valence-corrected chi connectivity index (χ0v) is 17.2. The fourth-order valence-corrected chi connectivity index (χ4v) is 4.37. The molecule has 2 saturated heterocycles. The molecule has 0 radical (unpaired) electrons. The summed E-state index contributed by atoms with van der Waals surface area (Å²) in [5.41, 5.74) is 1.39. The maximum atomic E-state index is 13.5. The largest absolute Gasteiger partial charge is 0.488 e. The molecule has 5 rings (SSSR count). The van der Waals surface area contributed by atoms with Gasteiger partial charge in [-0.3, -0.25) is 9.59 Å². The minimum atomic E-state index is -0.550. The lowest BCUT2D eigenvalue weighted by Gasteiger charge is -2.32. The van der Waals surface area contributed by atoms with Crippen molar-refractivity contribution in [2.75, 3.05) is 32.8 Å². The highest BCUT2D eigenvalue weighted by Crippen LogP contribution is 2.27. The van der Waals surface area contributed by atoms with Gasteiger partial charge in [0.25, 0.3) is 5.91 Å². The van der Waals surface area contributed by atoms with Gasteiger partial charge in [0.2, 0.25) is 5.91 Å². The number of carbonyl (C=O) groups is 2. The number of para-hydroxylation sites is 2. The molecule has 2 amide bonds. The van der Waals surface area contributed by atoms with Crippen molar-refractivity contribution in [1.82, 2.24) is 14.8 Å². The highest BCUT2D eigenvalue weighted by molar-refractivity contribution is 6.00. The van der Waals surface area contributed by atoms with Crippen LogP contribution in [0.2, 0.25) is 0 Å². The van der Waals surface area contributed by atoms with Gasteiger partial charge in [0.1, 0.15) is 23.6 Å². The number of amides is 2. The van der Waals surface area contributed by atoms with Crippen LogP contribution >= 0.6 is 0 Å². The second-order valence-corrected chi connectivity index (χ2v) is 7.97. The van der Waals surface area contributed by atoms with Gasteiger partial charge in [-0.1, -0.05) is 36.4 Å². The third-order valence-electron chi connectivity index (χ3n) is 5.94. The van der Waals surface area contributed by atoms with Gasteiger partial charge in [0.15, 0.2) is 0 Å². The van der Waals surface area contributed by atoms with Crippen LogP contribution in [0.3, 0.4) is 0 Å². The molecule has 3 heterocycles. The van der Waals surface area contributed by atoms with Crippen LogP contribution in [0.15, 0.2) is 60.7 Å². The van der Waals surface area contributed by atoms with E-state index in [0.29, 0.717) is 45.0 Å². The molecule has 0 aliphatic carbocycles. The molecule has 2 atom stereocenters. The number of hydrogen-bond acceptors (Lipinski definition) is 4. The number of nitrogens with zero attached hydrogens (tertiary/aromatic N) is 2. The molecule has 2 aliphatic rings. The SMILES string of the molecule is O=C([C@@H]1C[C@H](Oc2ccccc2)CN1C(=O)c1cc2ccccc2[nH]1)N1CCOCC1. The summed E-state index contributed by atoms with van der Waals surface area (Å²) in [6.07, 6.45) is 0.225.